The molecule has 10 aromatic rings. The summed E-state index contributed by atoms with van der Waals surface area (Å²) in [4.78, 5) is 19.6. The molecule has 0 bridgehead atoms. The Morgan fingerprint density at radius 2 is 1.22 bits per heavy atom. The van der Waals surface area contributed by atoms with Crippen molar-refractivity contribution in [3.63, 3.8) is 0 Å². The molecule has 8 heteroatoms. The van der Waals surface area contributed by atoms with E-state index in [-0.39, 0.29) is 5.84 Å². The van der Waals surface area contributed by atoms with Gasteiger partial charge in [-0.25, -0.2) is 14.7 Å². The zero-order chi connectivity index (χ0) is 36.7. The molecule has 0 saturated heterocycles. The summed E-state index contributed by atoms with van der Waals surface area (Å²) < 4.78 is 4.19. The summed E-state index contributed by atoms with van der Waals surface area (Å²) in [6.45, 7) is 0. The van der Waals surface area contributed by atoms with E-state index < -0.39 is 0 Å². The highest BCUT2D eigenvalue weighted by Gasteiger charge is 2.23. The molecular weight excluding hydrogens is 677 g/mol. The Labute approximate surface area is 316 Å². The molecule has 0 aliphatic carbocycles. The van der Waals surface area contributed by atoms with E-state index in [1.54, 1.807) is 6.20 Å². The molecule has 260 valence electrons. The van der Waals surface area contributed by atoms with E-state index in [0.717, 1.165) is 71.7 Å². The summed E-state index contributed by atoms with van der Waals surface area (Å²) >= 11 is 0. The van der Waals surface area contributed by atoms with Crippen molar-refractivity contribution in [1.82, 2.24) is 24.2 Å². The van der Waals surface area contributed by atoms with Crippen molar-refractivity contribution >= 4 is 55.5 Å². The maximum absolute atomic E-state index is 9.36. The molecule has 0 atom stereocenters. The normalized spacial score (nSPS) is 11.8. The van der Waals surface area contributed by atoms with E-state index in [0.29, 0.717) is 17.0 Å². The third-order valence-electron chi connectivity index (χ3n) is 10.00. The molecule has 5 heterocycles. The van der Waals surface area contributed by atoms with Gasteiger partial charge >= 0.3 is 0 Å². The molecule has 0 fully saturated rings. The van der Waals surface area contributed by atoms with Crippen LogP contribution in [0.4, 0.5) is 0 Å². The van der Waals surface area contributed by atoms with Crippen LogP contribution in [0.2, 0.25) is 0 Å². The van der Waals surface area contributed by atoms with Crippen molar-refractivity contribution < 1.29 is 0 Å². The van der Waals surface area contributed by atoms with Crippen molar-refractivity contribution in [3.8, 4) is 27.9 Å². The van der Waals surface area contributed by atoms with Crippen molar-refractivity contribution in [2.75, 3.05) is 5.43 Å². The molecule has 0 amide bonds. The Morgan fingerprint density at radius 3 is 1.96 bits per heavy atom. The summed E-state index contributed by atoms with van der Waals surface area (Å²) in [5.41, 5.74) is 14.7. The lowest BCUT2D eigenvalue weighted by atomic mass is 10.0. The minimum atomic E-state index is 0.122. The molecule has 0 aliphatic heterocycles. The molecule has 5 aromatic heterocycles. The smallest absolute Gasteiger partial charge is 0.163 e. The summed E-state index contributed by atoms with van der Waals surface area (Å²) in [6, 6.07) is 53.0. The molecular formula is C47H32N8. The van der Waals surface area contributed by atoms with Gasteiger partial charge in [-0.15, -0.1) is 0 Å². The van der Waals surface area contributed by atoms with Gasteiger partial charge in [0.2, 0.25) is 0 Å². The first-order valence-corrected chi connectivity index (χ1v) is 18.0. The van der Waals surface area contributed by atoms with Crippen LogP contribution >= 0.6 is 0 Å². The number of aromatic nitrogens is 5. The number of hydrogen-bond acceptors (Lipinski definition) is 4. The van der Waals surface area contributed by atoms with Crippen molar-refractivity contribution in [3.05, 3.63) is 194 Å². The molecule has 8 nitrogen and oxygen atoms in total. The van der Waals surface area contributed by atoms with Gasteiger partial charge in [0.25, 0.3) is 0 Å². The number of nitrogens with zero attached hydrogens (tertiary/aromatic N) is 6. The number of hydrogen-bond donors (Lipinski definition) is 2. The highest BCUT2D eigenvalue weighted by atomic mass is 15.4. The number of pyridine rings is 3. The Bertz CT molecular complexity index is 3070. The summed E-state index contributed by atoms with van der Waals surface area (Å²) in [7, 11) is 0. The van der Waals surface area contributed by atoms with Crippen LogP contribution in [0.3, 0.4) is 0 Å². The maximum Gasteiger partial charge on any atom is 0.163 e. The Morgan fingerprint density at radius 1 is 0.564 bits per heavy atom. The van der Waals surface area contributed by atoms with Gasteiger partial charge in [-0.3, -0.25) is 20.8 Å². The Kier molecular flexibility index (Phi) is 7.77. The van der Waals surface area contributed by atoms with E-state index in [1.165, 1.54) is 0 Å². The molecule has 0 radical (unpaired) electrons. The largest absolute Gasteiger partial charge is 0.307 e. The zero-order valence-corrected chi connectivity index (χ0v) is 29.5. The lowest BCUT2D eigenvalue weighted by Crippen LogP contribution is -2.25. The number of para-hydroxylation sites is 1. The van der Waals surface area contributed by atoms with Gasteiger partial charge in [0.1, 0.15) is 5.52 Å². The van der Waals surface area contributed by atoms with Crippen molar-refractivity contribution in [1.29, 1.82) is 5.41 Å². The first kappa shape index (κ1) is 32.0. The third-order valence-corrected chi connectivity index (χ3v) is 10.00. The first-order chi connectivity index (χ1) is 27.2. The Balaban J connectivity index is 1.19. The molecule has 0 aliphatic rings. The highest BCUT2D eigenvalue weighted by Crippen LogP contribution is 2.39. The van der Waals surface area contributed by atoms with Gasteiger partial charge in [-0.2, -0.15) is 0 Å². The van der Waals surface area contributed by atoms with Crippen LogP contribution in [0.5, 0.6) is 0 Å². The molecule has 2 N–H and O–H groups in total. The number of benzene rings is 5. The summed E-state index contributed by atoms with van der Waals surface area (Å²) in [6.07, 6.45) is 7.42. The van der Waals surface area contributed by atoms with Crippen molar-refractivity contribution in [2.24, 2.45) is 4.99 Å². The number of amidine groups is 2. The van der Waals surface area contributed by atoms with Crippen LogP contribution in [0.25, 0.3) is 71.8 Å². The second kappa shape index (κ2) is 13.4. The van der Waals surface area contributed by atoms with Gasteiger partial charge in [-0.1, -0.05) is 115 Å². The fourth-order valence-corrected chi connectivity index (χ4v) is 7.47. The van der Waals surface area contributed by atoms with Gasteiger partial charge in [0.05, 0.1) is 33.8 Å². The van der Waals surface area contributed by atoms with Crippen LogP contribution < -0.4 is 5.43 Å². The molecule has 55 heavy (non-hydrogen) atoms. The van der Waals surface area contributed by atoms with Gasteiger partial charge in [0.15, 0.2) is 17.3 Å². The number of nitrogens with one attached hydrogen (secondary N) is 2. The lowest BCUT2D eigenvalue weighted by Gasteiger charge is -2.15. The van der Waals surface area contributed by atoms with Gasteiger partial charge < -0.3 is 4.57 Å². The summed E-state index contributed by atoms with van der Waals surface area (Å²) in [5, 5.41) is 12.4. The predicted molar refractivity (Wildman–Crippen MR) is 224 cm³/mol. The number of rotatable bonds is 6. The third kappa shape index (κ3) is 5.60. The van der Waals surface area contributed by atoms with E-state index in [1.807, 2.05) is 108 Å². The van der Waals surface area contributed by atoms with E-state index in [9.17, 15) is 5.41 Å². The molecule has 0 unspecified atom stereocenters. The molecule has 5 aromatic carbocycles. The van der Waals surface area contributed by atoms with E-state index in [4.69, 9.17) is 15.0 Å². The molecule has 0 spiro atoms. The molecule has 10 rings (SSSR count). The SMILES string of the molecule is N=C(N=C(Nn1c2cccnc2c2c1ncc1c3ccccc3n(-c3cccnc3)c12)c1cccc(-c2ccccc2)c1)c1cccc(-c2ccccc2)c1. The summed E-state index contributed by atoms with van der Waals surface area (Å²) in [5.74, 6) is 0.613. The number of fused-ring (bicyclic) bond motifs is 7. The van der Waals surface area contributed by atoms with E-state index >= 15 is 0 Å². The predicted octanol–water partition coefficient (Wildman–Crippen LogP) is 10.4. The van der Waals surface area contributed by atoms with Crippen LogP contribution in [-0.4, -0.2) is 35.9 Å². The van der Waals surface area contributed by atoms with Gasteiger partial charge in [-0.05, 0) is 64.7 Å². The van der Waals surface area contributed by atoms with Crippen LogP contribution in [-0.2, 0) is 0 Å². The Hall–Kier alpha value is -7.71. The second-order valence-electron chi connectivity index (χ2n) is 13.3. The number of aliphatic imine (C=N–C) groups is 1. The first-order valence-electron chi connectivity index (χ1n) is 18.0. The van der Waals surface area contributed by atoms with Crippen LogP contribution in [0.15, 0.2) is 188 Å². The topological polar surface area (TPSA) is 96.8 Å². The zero-order valence-electron chi connectivity index (χ0n) is 29.5. The minimum Gasteiger partial charge on any atom is -0.307 e. The standard InChI is InChI=1S/C47H32N8/c48-45(35-19-9-17-33(27-35)31-13-3-1-4-14-31)52-46(36-20-10-18-34(28-36)32-15-5-2-6-16-32)53-55-41-24-12-26-50-43(41)42-44-39(30-51-47(42)55)38-22-7-8-23-40(38)54(44)37-21-11-25-49-29-37/h1-30H,(H2,48,52,53). The lowest BCUT2D eigenvalue weighted by molar-refractivity contribution is 1.05. The average molecular weight is 709 g/mol. The van der Waals surface area contributed by atoms with Crippen molar-refractivity contribution in [2.45, 2.75) is 0 Å². The second-order valence-corrected chi connectivity index (χ2v) is 13.3. The minimum absolute atomic E-state index is 0.122. The molecule has 0 saturated carbocycles. The highest BCUT2D eigenvalue weighted by molar-refractivity contribution is 6.24. The van der Waals surface area contributed by atoms with Crippen LogP contribution in [0.1, 0.15) is 11.1 Å². The van der Waals surface area contributed by atoms with Gasteiger partial charge in [0, 0.05) is 40.5 Å². The fourth-order valence-electron chi connectivity index (χ4n) is 7.47. The fraction of sp³-hybridized carbons (Fsp3) is 0. The monoisotopic (exact) mass is 708 g/mol. The maximum atomic E-state index is 9.36. The average Bonchev–Trinajstić information content (AvgIpc) is 3.77. The van der Waals surface area contributed by atoms with Crippen LogP contribution in [0, 0.1) is 5.41 Å². The quantitative estimate of drug-likeness (QED) is 0.133. The van der Waals surface area contributed by atoms with E-state index in [2.05, 4.69) is 87.8 Å².